The number of carbonyl (C=O) groups is 2. The summed E-state index contributed by atoms with van der Waals surface area (Å²) in [7, 11) is -3.94. The Hall–Kier alpha value is -3.02. The van der Waals surface area contributed by atoms with Crippen molar-refractivity contribution in [2.75, 3.05) is 6.54 Å². The third kappa shape index (κ3) is 4.88. The zero-order chi connectivity index (χ0) is 21.0. The van der Waals surface area contributed by atoms with Gasteiger partial charge >= 0.3 is 5.97 Å². The van der Waals surface area contributed by atoms with Gasteiger partial charge in [0, 0.05) is 5.56 Å². The van der Waals surface area contributed by atoms with Crippen molar-refractivity contribution in [3.05, 3.63) is 64.7 Å². The number of benzene rings is 2. The van der Waals surface area contributed by atoms with E-state index in [1.54, 1.807) is 6.07 Å². The first-order valence-electron chi connectivity index (χ1n) is 9.15. The van der Waals surface area contributed by atoms with Crippen molar-refractivity contribution in [3.63, 3.8) is 0 Å². The molecule has 0 saturated carbocycles. The van der Waals surface area contributed by atoms with Gasteiger partial charge in [0.1, 0.15) is 6.54 Å². The second-order valence-electron chi connectivity index (χ2n) is 6.79. The minimum absolute atomic E-state index is 0.0773. The number of nitrogens with one attached hydrogen (secondary N) is 1. The maximum absolute atomic E-state index is 12.5. The van der Waals surface area contributed by atoms with Crippen LogP contribution in [0.4, 0.5) is 0 Å². The van der Waals surface area contributed by atoms with Crippen LogP contribution in [-0.4, -0.2) is 32.8 Å². The van der Waals surface area contributed by atoms with Crippen molar-refractivity contribution in [1.29, 1.82) is 5.26 Å². The van der Waals surface area contributed by atoms with E-state index in [0.717, 1.165) is 24.8 Å². The number of esters is 1. The number of ether oxygens (including phenoxy) is 1. The Labute approximate surface area is 169 Å². The molecule has 1 aliphatic carbocycles. The van der Waals surface area contributed by atoms with Crippen LogP contribution < -0.4 is 4.72 Å². The molecule has 1 atom stereocenters. The van der Waals surface area contributed by atoms with Crippen LogP contribution >= 0.6 is 0 Å². The molecule has 1 N–H and O–H groups in total. The Bertz CT molecular complexity index is 1090. The molecule has 0 spiro atoms. The maximum atomic E-state index is 12.5. The van der Waals surface area contributed by atoms with Crippen LogP contribution in [0.3, 0.4) is 0 Å². The summed E-state index contributed by atoms with van der Waals surface area (Å²) in [5.41, 5.74) is 3.18. The maximum Gasteiger partial charge on any atom is 0.321 e. The van der Waals surface area contributed by atoms with E-state index in [1.165, 1.54) is 36.8 Å². The first-order chi connectivity index (χ1) is 13.8. The lowest BCUT2D eigenvalue weighted by molar-refractivity contribution is -0.144. The summed E-state index contributed by atoms with van der Waals surface area (Å²) < 4.78 is 31.7. The van der Waals surface area contributed by atoms with Crippen molar-refractivity contribution < 1.29 is 22.7 Å². The number of fused-ring (bicyclic) bond motifs is 1. The topological polar surface area (TPSA) is 113 Å². The van der Waals surface area contributed by atoms with Gasteiger partial charge < -0.3 is 4.74 Å². The van der Waals surface area contributed by atoms with Crippen LogP contribution in [0.25, 0.3) is 0 Å². The smallest absolute Gasteiger partial charge is 0.321 e. The summed E-state index contributed by atoms with van der Waals surface area (Å²) in [6.45, 7) is 0.854. The van der Waals surface area contributed by atoms with Crippen molar-refractivity contribution in [2.24, 2.45) is 0 Å². The number of nitriles is 1. The highest BCUT2D eigenvalue weighted by atomic mass is 32.2. The number of ketones is 1. The third-order valence-electron chi connectivity index (χ3n) is 4.76. The molecule has 2 aromatic carbocycles. The average molecular weight is 412 g/mol. The van der Waals surface area contributed by atoms with Crippen LogP contribution in [0.5, 0.6) is 0 Å². The molecule has 0 aromatic heterocycles. The molecule has 150 valence electrons. The lowest BCUT2D eigenvalue weighted by Gasteiger charge is -2.13. The van der Waals surface area contributed by atoms with Gasteiger partial charge in [-0.3, -0.25) is 9.59 Å². The fourth-order valence-corrected chi connectivity index (χ4v) is 4.17. The lowest BCUT2D eigenvalue weighted by atomic mass is 10.0. The Morgan fingerprint density at radius 3 is 2.52 bits per heavy atom. The molecule has 1 aliphatic rings. The van der Waals surface area contributed by atoms with Gasteiger partial charge in [-0.25, -0.2) is 8.42 Å². The highest BCUT2D eigenvalue weighted by molar-refractivity contribution is 7.89. The van der Waals surface area contributed by atoms with E-state index >= 15 is 0 Å². The van der Waals surface area contributed by atoms with Crippen LogP contribution in [0.2, 0.25) is 0 Å². The van der Waals surface area contributed by atoms with Crippen LogP contribution in [0.1, 0.15) is 40.4 Å². The molecule has 2 aromatic rings. The largest absolute Gasteiger partial charge is 0.453 e. The predicted molar refractivity (Wildman–Crippen MR) is 105 cm³/mol. The minimum atomic E-state index is -3.94. The van der Waals surface area contributed by atoms with E-state index in [2.05, 4.69) is 4.72 Å². The molecule has 0 radical (unpaired) electrons. The Kier molecular flexibility index (Phi) is 6.11. The number of carbonyl (C=O) groups excluding carboxylic acids is 2. The number of sulfonamides is 1. The highest BCUT2D eigenvalue weighted by Gasteiger charge is 2.23. The second-order valence-corrected chi connectivity index (χ2v) is 8.56. The number of hydrogen-bond donors (Lipinski definition) is 1. The molecule has 8 heteroatoms. The highest BCUT2D eigenvalue weighted by Crippen LogP contribution is 2.23. The molecule has 0 heterocycles. The van der Waals surface area contributed by atoms with Gasteiger partial charge in [0.15, 0.2) is 6.10 Å². The fourth-order valence-electron chi connectivity index (χ4n) is 3.20. The van der Waals surface area contributed by atoms with Gasteiger partial charge in [-0.2, -0.15) is 9.98 Å². The van der Waals surface area contributed by atoms with Crippen molar-refractivity contribution >= 4 is 21.8 Å². The molecule has 0 fully saturated rings. The summed E-state index contributed by atoms with van der Waals surface area (Å²) in [5.74, 6) is -1.19. The molecule has 0 amide bonds. The second kappa shape index (κ2) is 8.55. The van der Waals surface area contributed by atoms with Crippen LogP contribution in [0, 0.1) is 11.3 Å². The van der Waals surface area contributed by atoms with Crippen molar-refractivity contribution in [1.82, 2.24) is 4.72 Å². The molecule has 0 bridgehead atoms. The Balaban J connectivity index is 1.57. The summed E-state index contributed by atoms with van der Waals surface area (Å²) >= 11 is 0. The summed E-state index contributed by atoms with van der Waals surface area (Å²) in [6, 6.07) is 12.7. The zero-order valence-electron chi connectivity index (χ0n) is 15.8. The number of aryl methyl sites for hydroxylation is 2. The molecule has 0 aliphatic heterocycles. The lowest BCUT2D eigenvalue weighted by Crippen LogP contribution is -2.34. The van der Waals surface area contributed by atoms with Gasteiger partial charge in [-0.05, 0) is 67.6 Å². The summed E-state index contributed by atoms with van der Waals surface area (Å²) in [5, 5.41) is 8.76. The molecule has 7 nitrogen and oxygen atoms in total. The van der Waals surface area contributed by atoms with Gasteiger partial charge in [0.05, 0.1) is 16.5 Å². The Morgan fingerprint density at radius 2 is 1.83 bits per heavy atom. The molecule has 0 saturated heterocycles. The standard InChI is InChI=1S/C21H20N2O5S/c1-14(21(25)18-8-7-16-3-2-4-17(16)11-18)28-20(24)13-23-29(26,27)19-9-5-15(12-22)6-10-19/h5-11,14,23H,2-4,13H2,1H3/t14-/m0/s1. The summed E-state index contributed by atoms with van der Waals surface area (Å²) in [4.78, 5) is 24.5. The van der Waals surface area contributed by atoms with Gasteiger partial charge in [-0.1, -0.05) is 12.1 Å². The van der Waals surface area contributed by atoms with Crippen molar-refractivity contribution in [3.8, 4) is 6.07 Å². The fraction of sp³-hybridized carbons (Fsp3) is 0.286. The summed E-state index contributed by atoms with van der Waals surface area (Å²) in [6.07, 6.45) is 1.98. The molecular weight excluding hydrogens is 392 g/mol. The van der Waals surface area contributed by atoms with E-state index in [4.69, 9.17) is 10.00 Å². The minimum Gasteiger partial charge on any atom is -0.453 e. The molecule has 0 unspecified atom stereocenters. The molecular formula is C21H20N2O5S. The van der Waals surface area contributed by atoms with E-state index in [-0.39, 0.29) is 10.7 Å². The quantitative estimate of drug-likeness (QED) is 0.551. The third-order valence-corrected chi connectivity index (χ3v) is 6.18. The van der Waals surface area contributed by atoms with Gasteiger partial charge in [0.25, 0.3) is 0 Å². The number of hydrogen-bond acceptors (Lipinski definition) is 6. The predicted octanol–water partition coefficient (Wildman–Crippen LogP) is 2.14. The van der Waals surface area contributed by atoms with Crippen molar-refractivity contribution in [2.45, 2.75) is 37.2 Å². The number of rotatable bonds is 7. The number of nitrogens with zero attached hydrogens (tertiary/aromatic N) is 1. The first-order valence-corrected chi connectivity index (χ1v) is 10.6. The van der Waals surface area contributed by atoms with Crippen LogP contribution in [0.15, 0.2) is 47.4 Å². The Morgan fingerprint density at radius 1 is 1.14 bits per heavy atom. The molecule has 29 heavy (non-hydrogen) atoms. The zero-order valence-corrected chi connectivity index (χ0v) is 16.7. The van der Waals surface area contributed by atoms with E-state index in [0.29, 0.717) is 11.1 Å². The SMILES string of the molecule is C[C@H](OC(=O)CNS(=O)(=O)c1ccc(C#N)cc1)C(=O)c1ccc2c(c1)CCC2. The van der Waals surface area contributed by atoms with E-state index in [9.17, 15) is 18.0 Å². The molecule has 3 rings (SSSR count). The van der Waals surface area contributed by atoms with Gasteiger partial charge in [0.2, 0.25) is 15.8 Å². The van der Waals surface area contributed by atoms with Gasteiger partial charge in [-0.15, -0.1) is 0 Å². The average Bonchev–Trinajstić information content (AvgIpc) is 3.19. The normalized spacial score (nSPS) is 13.9. The number of Topliss-reactive ketones (excluding diaryl/α,β-unsaturated/α-hetero) is 1. The van der Waals surface area contributed by atoms with E-state index < -0.39 is 28.6 Å². The van der Waals surface area contributed by atoms with Crippen LogP contribution in [-0.2, 0) is 32.4 Å². The monoisotopic (exact) mass is 412 g/mol. The van der Waals surface area contributed by atoms with E-state index in [1.807, 2.05) is 18.2 Å². The first kappa shape index (κ1) is 20.7.